The first kappa shape index (κ1) is 12.6. The van der Waals surface area contributed by atoms with Gasteiger partial charge in [0.15, 0.2) is 0 Å². The van der Waals surface area contributed by atoms with Crippen LogP contribution in [0.25, 0.3) is 0 Å². The van der Waals surface area contributed by atoms with Gasteiger partial charge in [0.1, 0.15) is 0 Å². The van der Waals surface area contributed by atoms with Crippen LogP contribution in [0, 0.1) is 0 Å². The molecule has 1 heterocycles. The summed E-state index contributed by atoms with van der Waals surface area (Å²) in [6.45, 7) is 8.53. The van der Waals surface area contributed by atoms with Gasteiger partial charge in [0.25, 0.3) is 0 Å². The molecular weight excluding hydrogens is 256 g/mol. The summed E-state index contributed by atoms with van der Waals surface area (Å²) >= 11 is 3.39. The Morgan fingerprint density at radius 1 is 1.40 bits per heavy atom. The number of halogens is 1. The number of likely N-dealkylation sites (N-methyl/N-ethyl adjacent to an activating group) is 1. The fourth-order valence-corrected chi connectivity index (χ4v) is 1.85. The summed E-state index contributed by atoms with van der Waals surface area (Å²) < 4.78 is 1.93. The van der Waals surface area contributed by atoms with Crippen molar-refractivity contribution in [3.8, 4) is 0 Å². The van der Waals surface area contributed by atoms with Gasteiger partial charge in [-0.15, -0.1) is 5.10 Å². The van der Waals surface area contributed by atoms with Crippen LogP contribution in [-0.2, 0) is 13.0 Å². The number of rotatable bonds is 7. The van der Waals surface area contributed by atoms with Crippen LogP contribution in [0.4, 0.5) is 0 Å². The molecule has 0 fully saturated rings. The third-order valence-electron chi connectivity index (χ3n) is 2.48. The lowest BCUT2D eigenvalue weighted by Gasteiger charge is -2.17. The molecular formula is C10H19BrN4. The minimum Gasteiger partial charge on any atom is -0.302 e. The molecule has 86 valence electrons. The van der Waals surface area contributed by atoms with Crippen molar-refractivity contribution in [1.29, 1.82) is 0 Å². The molecule has 1 aromatic heterocycles. The van der Waals surface area contributed by atoms with Gasteiger partial charge in [0.2, 0.25) is 0 Å². The van der Waals surface area contributed by atoms with Gasteiger partial charge in [-0.3, -0.25) is 4.68 Å². The quantitative estimate of drug-likeness (QED) is 0.708. The maximum atomic E-state index is 4.10. The SMILES string of the molecule is CCN(CC)CCn1cc(CCBr)nn1. The summed E-state index contributed by atoms with van der Waals surface area (Å²) in [5.74, 6) is 0. The molecule has 1 aromatic rings. The predicted octanol–water partition coefficient (Wildman–Crippen LogP) is 1.56. The maximum Gasteiger partial charge on any atom is 0.0835 e. The minimum absolute atomic E-state index is 0.928. The Morgan fingerprint density at radius 3 is 2.73 bits per heavy atom. The van der Waals surface area contributed by atoms with Crippen LogP contribution >= 0.6 is 15.9 Å². The molecule has 0 aliphatic rings. The van der Waals surface area contributed by atoms with E-state index < -0.39 is 0 Å². The number of alkyl halides is 1. The molecule has 0 aliphatic carbocycles. The van der Waals surface area contributed by atoms with Crippen molar-refractivity contribution in [2.75, 3.05) is 25.0 Å². The largest absolute Gasteiger partial charge is 0.302 e. The molecule has 0 saturated carbocycles. The molecule has 0 radical (unpaired) electrons. The second-order valence-electron chi connectivity index (χ2n) is 3.44. The van der Waals surface area contributed by atoms with Crippen molar-refractivity contribution in [3.63, 3.8) is 0 Å². The van der Waals surface area contributed by atoms with Gasteiger partial charge in [0.05, 0.1) is 12.2 Å². The van der Waals surface area contributed by atoms with E-state index in [1.165, 1.54) is 0 Å². The van der Waals surface area contributed by atoms with Gasteiger partial charge in [-0.2, -0.15) is 0 Å². The molecule has 0 atom stereocenters. The van der Waals surface area contributed by atoms with Crippen LogP contribution in [0.15, 0.2) is 6.20 Å². The molecule has 0 N–H and O–H groups in total. The molecule has 4 nitrogen and oxygen atoms in total. The molecule has 0 aliphatic heterocycles. The fourth-order valence-electron chi connectivity index (χ4n) is 1.44. The molecule has 0 amide bonds. The van der Waals surface area contributed by atoms with Crippen LogP contribution < -0.4 is 0 Å². The average molecular weight is 275 g/mol. The molecule has 15 heavy (non-hydrogen) atoms. The van der Waals surface area contributed by atoms with Crippen molar-refractivity contribution in [2.24, 2.45) is 0 Å². The van der Waals surface area contributed by atoms with Gasteiger partial charge >= 0.3 is 0 Å². The minimum atomic E-state index is 0.928. The van der Waals surface area contributed by atoms with E-state index in [4.69, 9.17) is 0 Å². The van der Waals surface area contributed by atoms with E-state index in [2.05, 4.69) is 45.0 Å². The normalized spacial score (nSPS) is 11.2. The maximum absolute atomic E-state index is 4.10. The van der Waals surface area contributed by atoms with Gasteiger partial charge in [-0.25, -0.2) is 0 Å². The zero-order valence-corrected chi connectivity index (χ0v) is 11.1. The highest BCUT2D eigenvalue weighted by Crippen LogP contribution is 1.97. The fraction of sp³-hybridized carbons (Fsp3) is 0.800. The first-order chi connectivity index (χ1) is 7.30. The van der Waals surface area contributed by atoms with E-state index in [0.29, 0.717) is 0 Å². The second-order valence-corrected chi connectivity index (χ2v) is 4.23. The second kappa shape index (κ2) is 6.95. The van der Waals surface area contributed by atoms with Crippen LogP contribution in [-0.4, -0.2) is 44.9 Å². The van der Waals surface area contributed by atoms with Crippen molar-refractivity contribution < 1.29 is 0 Å². The average Bonchev–Trinajstić information content (AvgIpc) is 2.68. The molecule has 0 saturated heterocycles. The summed E-state index contributed by atoms with van der Waals surface area (Å²) in [6.07, 6.45) is 2.98. The smallest absolute Gasteiger partial charge is 0.0835 e. The van der Waals surface area contributed by atoms with E-state index in [1.807, 2.05) is 10.9 Å². The lowest BCUT2D eigenvalue weighted by molar-refractivity contribution is 0.284. The zero-order valence-electron chi connectivity index (χ0n) is 9.49. The van der Waals surface area contributed by atoms with Crippen molar-refractivity contribution in [1.82, 2.24) is 19.9 Å². The highest BCUT2D eigenvalue weighted by Gasteiger charge is 2.02. The van der Waals surface area contributed by atoms with E-state index in [9.17, 15) is 0 Å². The Morgan fingerprint density at radius 2 is 2.13 bits per heavy atom. The number of nitrogens with zero attached hydrogens (tertiary/aromatic N) is 4. The van der Waals surface area contributed by atoms with Gasteiger partial charge < -0.3 is 4.90 Å². The lowest BCUT2D eigenvalue weighted by atomic mass is 10.4. The standard InChI is InChI=1S/C10H19BrN4/c1-3-14(4-2)7-8-15-9-10(5-6-11)12-13-15/h9H,3-8H2,1-2H3. The molecule has 1 rings (SSSR count). The summed E-state index contributed by atoms with van der Waals surface area (Å²) in [5, 5.41) is 9.14. The highest BCUT2D eigenvalue weighted by atomic mass is 79.9. The molecule has 5 heteroatoms. The number of aromatic nitrogens is 3. The van der Waals surface area contributed by atoms with Gasteiger partial charge in [-0.05, 0) is 13.1 Å². The highest BCUT2D eigenvalue weighted by molar-refractivity contribution is 9.09. The third kappa shape index (κ3) is 4.30. The topological polar surface area (TPSA) is 34.0 Å². The molecule has 0 aromatic carbocycles. The van der Waals surface area contributed by atoms with Crippen LogP contribution in [0.5, 0.6) is 0 Å². The third-order valence-corrected chi connectivity index (χ3v) is 2.87. The first-order valence-corrected chi connectivity index (χ1v) is 6.59. The van der Waals surface area contributed by atoms with Gasteiger partial charge in [-0.1, -0.05) is 35.0 Å². The zero-order chi connectivity index (χ0) is 11.1. The Bertz CT molecular complexity index is 270. The van der Waals surface area contributed by atoms with E-state index in [-0.39, 0.29) is 0 Å². The summed E-state index contributed by atoms with van der Waals surface area (Å²) in [4.78, 5) is 2.38. The van der Waals surface area contributed by atoms with E-state index in [0.717, 1.165) is 43.6 Å². The first-order valence-electron chi connectivity index (χ1n) is 5.47. The Balaban J connectivity index is 2.36. The summed E-state index contributed by atoms with van der Waals surface area (Å²) in [5.41, 5.74) is 1.06. The predicted molar refractivity (Wildman–Crippen MR) is 65.3 cm³/mol. The molecule has 0 spiro atoms. The van der Waals surface area contributed by atoms with Crippen LogP contribution in [0.1, 0.15) is 19.5 Å². The Kier molecular flexibility index (Phi) is 5.86. The van der Waals surface area contributed by atoms with Crippen LogP contribution in [0.2, 0.25) is 0 Å². The number of hydrogen-bond acceptors (Lipinski definition) is 3. The number of aryl methyl sites for hydroxylation is 1. The molecule has 0 unspecified atom stereocenters. The van der Waals surface area contributed by atoms with E-state index in [1.54, 1.807) is 0 Å². The Labute approximate surface area is 99.8 Å². The van der Waals surface area contributed by atoms with Crippen LogP contribution in [0.3, 0.4) is 0 Å². The van der Waals surface area contributed by atoms with E-state index >= 15 is 0 Å². The summed E-state index contributed by atoms with van der Waals surface area (Å²) in [7, 11) is 0. The monoisotopic (exact) mass is 274 g/mol. The summed E-state index contributed by atoms with van der Waals surface area (Å²) in [6, 6.07) is 0. The van der Waals surface area contributed by atoms with Crippen molar-refractivity contribution in [3.05, 3.63) is 11.9 Å². The van der Waals surface area contributed by atoms with Crippen molar-refractivity contribution >= 4 is 15.9 Å². The van der Waals surface area contributed by atoms with Crippen molar-refractivity contribution in [2.45, 2.75) is 26.8 Å². The molecule has 0 bridgehead atoms. The number of hydrogen-bond donors (Lipinski definition) is 0. The lowest BCUT2D eigenvalue weighted by Crippen LogP contribution is -2.27. The Hall–Kier alpha value is -0.420. The van der Waals surface area contributed by atoms with Gasteiger partial charge in [0, 0.05) is 24.5 Å².